The smallest absolute Gasteiger partial charge is 0.178 e. The van der Waals surface area contributed by atoms with E-state index < -0.39 is 5.92 Å². The standard InChI is InChI=1S/C21H18O2S/c1-13-3-7-15(8-4-13)11-17-18(22)12-19(24)20(21(17)23)16-9-5-14(2)6-10-16/h3-11,20H,12H2,1-2H3/b17-11+. The molecule has 1 aliphatic carbocycles. The van der Waals surface area contributed by atoms with Gasteiger partial charge in [-0.2, -0.15) is 0 Å². The molecule has 0 heterocycles. The molecule has 2 nitrogen and oxygen atoms in total. The average molecular weight is 334 g/mol. The van der Waals surface area contributed by atoms with Gasteiger partial charge in [0.2, 0.25) is 0 Å². The Hall–Kier alpha value is -2.39. The van der Waals surface area contributed by atoms with E-state index in [4.69, 9.17) is 12.2 Å². The zero-order valence-electron chi connectivity index (χ0n) is 13.7. The third-order valence-electron chi connectivity index (χ3n) is 4.28. The van der Waals surface area contributed by atoms with E-state index in [9.17, 15) is 9.59 Å². The number of aryl methyl sites for hydroxylation is 2. The van der Waals surface area contributed by atoms with E-state index in [2.05, 4.69) is 0 Å². The van der Waals surface area contributed by atoms with E-state index in [1.807, 2.05) is 62.4 Å². The molecule has 1 unspecified atom stereocenters. The van der Waals surface area contributed by atoms with Crippen LogP contribution in [-0.2, 0) is 9.59 Å². The van der Waals surface area contributed by atoms with Gasteiger partial charge in [-0.05, 0) is 31.1 Å². The fraction of sp³-hybridized carbons (Fsp3) is 0.190. The van der Waals surface area contributed by atoms with Crippen LogP contribution in [0.2, 0.25) is 0 Å². The fourth-order valence-electron chi connectivity index (χ4n) is 2.87. The van der Waals surface area contributed by atoms with Gasteiger partial charge in [0.05, 0.1) is 11.5 Å². The lowest BCUT2D eigenvalue weighted by molar-refractivity contribution is -0.121. The molecule has 1 saturated carbocycles. The summed E-state index contributed by atoms with van der Waals surface area (Å²) >= 11 is 5.36. The van der Waals surface area contributed by atoms with E-state index in [1.54, 1.807) is 6.08 Å². The summed E-state index contributed by atoms with van der Waals surface area (Å²) in [7, 11) is 0. The molecule has 1 aliphatic rings. The summed E-state index contributed by atoms with van der Waals surface area (Å²) in [4.78, 5) is 25.8. The number of Topliss-reactive ketones (excluding diaryl/α,β-unsaturated/α-hetero) is 2. The fourth-order valence-corrected chi connectivity index (χ4v) is 3.25. The van der Waals surface area contributed by atoms with E-state index in [0.717, 1.165) is 22.3 Å². The van der Waals surface area contributed by atoms with Crippen LogP contribution in [0.5, 0.6) is 0 Å². The van der Waals surface area contributed by atoms with E-state index >= 15 is 0 Å². The van der Waals surface area contributed by atoms with E-state index in [1.165, 1.54) is 0 Å². The van der Waals surface area contributed by atoms with Crippen molar-refractivity contribution in [1.82, 2.24) is 0 Å². The second-order valence-electron chi connectivity index (χ2n) is 6.24. The molecular formula is C21H18O2S. The molecule has 0 aliphatic heterocycles. The van der Waals surface area contributed by atoms with Crippen LogP contribution in [0.25, 0.3) is 6.08 Å². The second-order valence-corrected chi connectivity index (χ2v) is 6.77. The number of ketones is 2. The molecule has 0 bridgehead atoms. The Labute approximate surface area is 147 Å². The zero-order chi connectivity index (χ0) is 17.3. The molecule has 2 aromatic rings. The molecule has 0 spiro atoms. The molecule has 120 valence electrons. The van der Waals surface area contributed by atoms with Crippen molar-refractivity contribution < 1.29 is 9.59 Å². The third-order valence-corrected chi connectivity index (χ3v) is 4.66. The third kappa shape index (κ3) is 3.26. The monoisotopic (exact) mass is 334 g/mol. The highest BCUT2D eigenvalue weighted by molar-refractivity contribution is 7.80. The van der Waals surface area contributed by atoms with Crippen molar-refractivity contribution in [3.05, 3.63) is 76.4 Å². The van der Waals surface area contributed by atoms with Crippen LogP contribution < -0.4 is 0 Å². The van der Waals surface area contributed by atoms with Crippen LogP contribution in [-0.4, -0.2) is 16.4 Å². The number of thiocarbonyl (C=S) groups is 1. The first-order valence-corrected chi connectivity index (χ1v) is 8.31. The van der Waals surface area contributed by atoms with E-state index in [0.29, 0.717) is 4.86 Å². The molecule has 3 rings (SSSR count). The van der Waals surface area contributed by atoms with Gasteiger partial charge >= 0.3 is 0 Å². The topological polar surface area (TPSA) is 34.1 Å². The summed E-state index contributed by atoms with van der Waals surface area (Å²) in [6.45, 7) is 4.00. The van der Waals surface area contributed by atoms with Gasteiger partial charge in [0, 0.05) is 11.3 Å². The van der Waals surface area contributed by atoms with Crippen LogP contribution in [0.4, 0.5) is 0 Å². The SMILES string of the molecule is Cc1ccc(/C=C2\C(=O)CC(=S)C(c3ccc(C)cc3)C2=O)cc1. The maximum absolute atomic E-state index is 12.9. The van der Waals surface area contributed by atoms with Gasteiger partial charge in [-0.15, -0.1) is 0 Å². The van der Waals surface area contributed by atoms with Crippen molar-refractivity contribution in [3.8, 4) is 0 Å². The molecule has 0 radical (unpaired) electrons. The minimum atomic E-state index is -0.505. The Balaban J connectivity index is 1.99. The number of carbonyl (C=O) groups is 2. The van der Waals surface area contributed by atoms with Gasteiger partial charge in [-0.25, -0.2) is 0 Å². The van der Waals surface area contributed by atoms with Crippen LogP contribution >= 0.6 is 12.2 Å². The van der Waals surface area contributed by atoms with E-state index in [-0.39, 0.29) is 23.6 Å². The van der Waals surface area contributed by atoms with Crippen molar-refractivity contribution in [2.75, 3.05) is 0 Å². The number of rotatable bonds is 2. The normalized spacial score (nSPS) is 19.8. The molecule has 0 amide bonds. The van der Waals surface area contributed by atoms with Crippen molar-refractivity contribution in [1.29, 1.82) is 0 Å². The summed E-state index contributed by atoms with van der Waals surface area (Å²) < 4.78 is 0. The molecule has 0 saturated heterocycles. The van der Waals surface area contributed by atoms with Crippen LogP contribution in [0.3, 0.4) is 0 Å². The van der Waals surface area contributed by atoms with Gasteiger partial charge in [0.25, 0.3) is 0 Å². The highest BCUT2D eigenvalue weighted by Gasteiger charge is 2.36. The maximum Gasteiger partial charge on any atom is 0.178 e. The molecule has 0 aromatic heterocycles. The lowest BCUT2D eigenvalue weighted by atomic mass is 9.78. The zero-order valence-corrected chi connectivity index (χ0v) is 14.5. The number of carbonyl (C=O) groups excluding carboxylic acids is 2. The molecule has 2 aromatic carbocycles. The summed E-state index contributed by atoms with van der Waals surface area (Å²) in [6, 6.07) is 15.5. The minimum Gasteiger partial charge on any atom is -0.294 e. The molecular weight excluding hydrogens is 316 g/mol. The predicted octanol–water partition coefficient (Wildman–Crippen LogP) is 4.38. The Morgan fingerprint density at radius 3 is 2.04 bits per heavy atom. The summed E-state index contributed by atoms with van der Waals surface area (Å²) in [5.41, 5.74) is 4.22. The molecule has 3 heteroatoms. The summed E-state index contributed by atoms with van der Waals surface area (Å²) in [6.07, 6.45) is 1.84. The van der Waals surface area contributed by atoms with Gasteiger partial charge < -0.3 is 0 Å². The Bertz CT molecular complexity index is 842. The molecule has 0 N–H and O–H groups in total. The summed E-state index contributed by atoms with van der Waals surface area (Å²) in [5, 5.41) is 0. The van der Waals surface area contributed by atoms with Gasteiger partial charge in [0.15, 0.2) is 11.6 Å². The first-order valence-electron chi connectivity index (χ1n) is 7.91. The number of benzene rings is 2. The van der Waals surface area contributed by atoms with Crippen molar-refractivity contribution in [2.24, 2.45) is 0 Å². The maximum atomic E-state index is 12.9. The number of hydrogen-bond donors (Lipinski definition) is 0. The first-order chi connectivity index (χ1) is 11.5. The first kappa shape index (κ1) is 16.5. The summed E-state index contributed by atoms with van der Waals surface area (Å²) in [5.74, 6) is -0.885. The minimum absolute atomic E-state index is 0.150. The van der Waals surface area contributed by atoms with Crippen molar-refractivity contribution >= 4 is 34.7 Å². The van der Waals surface area contributed by atoms with Gasteiger partial charge in [-0.1, -0.05) is 71.9 Å². The quantitative estimate of drug-likeness (QED) is 0.464. The Kier molecular flexibility index (Phi) is 4.54. The van der Waals surface area contributed by atoms with Gasteiger partial charge in [0.1, 0.15) is 0 Å². The average Bonchev–Trinajstić information content (AvgIpc) is 2.55. The molecule has 24 heavy (non-hydrogen) atoms. The van der Waals surface area contributed by atoms with Crippen LogP contribution in [0, 0.1) is 13.8 Å². The van der Waals surface area contributed by atoms with Crippen molar-refractivity contribution in [2.45, 2.75) is 26.2 Å². The van der Waals surface area contributed by atoms with Crippen LogP contribution in [0.1, 0.15) is 34.6 Å². The highest BCUT2D eigenvalue weighted by Crippen LogP contribution is 2.31. The van der Waals surface area contributed by atoms with Crippen LogP contribution in [0.15, 0.2) is 54.1 Å². The largest absolute Gasteiger partial charge is 0.294 e. The highest BCUT2D eigenvalue weighted by atomic mass is 32.1. The predicted molar refractivity (Wildman–Crippen MR) is 100 cm³/mol. The number of allylic oxidation sites excluding steroid dienone is 1. The Morgan fingerprint density at radius 2 is 1.46 bits per heavy atom. The van der Waals surface area contributed by atoms with Crippen molar-refractivity contribution in [3.63, 3.8) is 0 Å². The molecule has 1 fully saturated rings. The van der Waals surface area contributed by atoms with Gasteiger partial charge in [-0.3, -0.25) is 9.59 Å². The molecule has 1 atom stereocenters. The lowest BCUT2D eigenvalue weighted by Gasteiger charge is -2.23. The second kappa shape index (κ2) is 6.62. The lowest BCUT2D eigenvalue weighted by Crippen LogP contribution is -2.33. The Morgan fingerprint density at radius 1 is 0.917 bits per heavy atom. The number of hydrogen-bond acceptors (Lipinski definition) is 3.